The molecule has 1 N–H and O–H groups in total. The number of rotatable bonds is 7. The average Bonchev–Trinajstić information content (AvgIpc) is 2.37. The first-order chi connectivity index (χ1) is 8.63. The molecule has 0 aromatic heterocycles. The van der Waals surface area contributed by atoms with E-state index in [0.29, 0.717) is 5.92 Å². The zero-order valence-corrected chi connectivity index (χ0v) is 12.1. The second-order valence-corrected chi connectivity index (χ2v) is 5.56. The Hall–Kier alpha value is -0.610. The number of carbonyl (C=O) groups excluding carboxylic acids is 1. The number of nitrogens with zero attached hydrogens (tertiary/aromatic N) is 1. The molecule has 18 heavy (non-hydrogen) atoms. The molecule has 1 heterocycles. The molecule has 0 amide bonds. The van der Waals surface area contributed by atoms with Crippen LogP contribution in [0.3, 0.4) is 0 Å². The van der Waals surface area contributed by atoms with Crippen LogP contribution in [0.2, 0.25) is 0 Å². The first kappa shape index (κ1) is 15.4. The first-order valence-corrected chi connectivity index (χ1v) is 7.17. The molecule has 0 aromatic rings. The molecule has 0 aromatic carbocycles. The van der Waals surface area contributed by atoms with Crippen LogP contribution in [0.5, 0.6) is 0 Å². The number of ether oxygens (including phenoxy) is 1. The SMILES string of the molecule is COC(=O)C(CC(C)C)NCCN1CCCCC1. The van der Waals surface area contributed by atoms with Crippen LogP contribution in [-0.4, -0.2) is 50.2 Å². The quantitative estimate of drug-likeness (QED) is 0.703. The summed E-state index contributed by atoms with van der Waals surface area (Å²) in [5, 5.41) is 3.33. The normalized spacial score (nSPS) is 18.9. The number of carbonyl (C=O) groups is 1. The Labute approximate surface area is 111 Å². The molecule has 0 bridgehead atoms. The Kier molecular flexibility index (Phi) is 7.28. The molecule has 1 saturated heterocycles. The summed E-state index contributed by atoms with van der Waals surface area (Å²) < 4.78 is 4.84. The molecule has 4 heteroatoms. The summed E-state index contributed by atoms with van der Waals surface area (Å²) in [7, 11) is 1.46. The van der Waals surface area contributed by atoms with Gasteiger partial charge >= 0.3 is 5.97 Å². The van der Waals surface area contributed by atoms with Crippen molar-refractivity contribution in [1.82, 2.24) is 10.2 Å². The third kappa shape index (κ3) is 5.83. The van der Waals surface area contributed by atoms with Gasteiger partial charge in [0.1, 0.15) is 6.04 Å². The molecule has 0 spiro atoms. The summed E-state index contributed by atoms with van der Waals surface area (Å²) in [6, 6.07) is -0.153. The highest BCUT2D eigenvalue weighted by Crippen LogP contribution is 2.08. The minimum absolute atomic E-state index is 0.137. The van der Waals surface area contributed by atoms with E-state index in [-0.39, 0.29) is 12.0 Å². The van der Waals surface area contributed by atoms with Crippen molar-refractivity contribution in [2.75, 3.05) is 33.3 Å². The van der Waals surface area contributed by atoms with Crippen LogP contribution in [0.4, 0.5) is 0 Å². The number of hydrogen-bond donors (Lipinski definition) is 1. The highest BCUT2D eigenvalue weighted by Gasteiger charge is 2.20. The molecular formula is C14H28N2O2. The van der Waals surface area contributed by atoms with E-state index in [9.17, 15) is 4.79 Å². The highest BCUT2D eigenvalue weighted by atomic mass is 16.5. The zero-order valence-electron chi connectivity index (χ0n) is 12.1. The Bertz CT molecular complexity index is 238. The lowest BCUT2D eigenvalue weighted by Gasteiger charge is -2.27. The fraction of sp³-hybridized carbons (Fsp3) is 0.929. The van der Waals surface area contributed by atoms with Crippen LogP contribution >= 0.6 is 0 Å². The van der Waals surface area contributed by atoms with E-state index in [2.05, 4.69) is 24.1 Å². The summed E-state index contributed by atoms with van der Waals surface area (Å²) in [5.41, 5.74) is 0. The van der Waals surface area contributed by atoms with E-state index >= 15 is 0 Å². The zero-order chi connectivity index (χ0) is 13.4. The summed E-state index contributed by atoms with van der Waals surface area (Å²) in [5.74, 6) is 0.360. The van der Waals surface area contributed by atoms with Gasteiger partial charge in [0.05, 0.1) is 7.11 Å². The highest BCUT2D eigenvalue weighted by molar-refractivity contribution is 5.75. The fourth-order valence-corrected chi connectivity index (χ4v) is 2.46. The summed E-state index contributed by atoms with van der Waals surface area (Å²) in [6.45, 7) is 8.56. The maximum Gasteiger partial charge on any atom is 0.322 e. The lowest BCUT2D eigenvalue weighted by molar-refractivity contribution is -0.143. The second kappa shape index (κ2) is 8.48. The van der Waals surface area contributed by atoms with Crippen LogP contribution in [-0.2, 0) is 9.53 Å². The number of likely N-dealkylation sites (tertiary alicyclic amines) is 1. The van der Waals surface area contributed by atoms with Crippen molar-refractivity contribution >= 4 is 5.97 Å². The van der Waals surface area contributed by atoms with Gasteiger partial charge in [0.25, 0.3) is 0 Å². The number of nitrogens with one attached hydrogen (secondary N) is 1. The van der Waals surface area contributed by atoms with Crippen LogP contribution in [0.15, 0.2) is 0 Å². The summed E-state index contributed by atoms with van der Waals surface area (Å²) in [6.07, 6.45) is 4.83. The molecule has 1 aliphatic rings. The molecule has 106 valence electrons. The predicted molar refractivity (Wildman–Crippen MR) is 73.6 cm³/mol. The minimum atomic E-state index is -0.153. The second-order valence-electron chi connectivity index (χ2n) is 5.56. The summed E-state index contributed by atoms with van der Waals surface area (Å²) in [4.78, 5) is 14.1. The Morgan fingerprint density at radius 2 is 1.94 bits per heavy atom. The molecule has 1 fully saturated rings. The van der Waals surface area contributed by atoms with E-state index in [1.54, 1.807) is 0 Å². The number of hydrogen-bond acceptors (Lipinski definition) is 4. The van der Waals surface area contributed by atoms with Gasteiger partial charge in [-0.3, -0.25) is 4.79 Å². The Morgan fingerprint density at radius 1 is 1.28 bits per heavy atom. The van der Waals surface area contributed by atoms with Gasteiger partial charge in [-0.2, -0.15) is 0 Å². The fourth-order valence-electron chi connectivity index (χ4n) is 2.46. The maximum absolute atomic E-state index is 11.6. The van der Waals surface area contributed by atoms with Gasteiger partial charge in [0.15, 0.2) is 0 Å². The van der Waals surface area contributed by atoms with Gasteiger partial charge in [-0.25, -0.2) is 0 Å². The number of piperidine rings is 1. The van der Waals surface area contributed by atoms with Crippen molar-refractivity contribution in [3.05, 3.63) is 0 Å². The molecule has 1 unspecified atom stereocenters. The minimum Gasteiger partial charge on any atom is -0.468 e. The van der Waals surface area contributed by atoms with Crippen molar-refractivity contribution in [2.24, 2.45) is 5.92 Å². The monoisotopic (exact) mass is 256 g/mol. The molecule has 0 radical (unpaired) electrons. The van der Waals surface area contributed by atoms with Gasteiger partial charge in [0.2, 0.25) is 0 Å². The van der Waals surface area contributed by atoms with Gasteiger partial charge < -0.3 is 15.0 Å². The molecule has 0 saturated carbocycles. The van der Waals surface area contributed by atoms with Crippen molar-refractivity contribution in [3.63, 3.8) is 0 Å². The van der Waals surface area contributed by atoms with E-state index in [0.717, 1.165) is 19.5 Å². The Balaban J connectivity index is 2.25. The van der Waals surface area contributed by atoms with Gasteiger partial charge in [-0.05, 0) is 38.3 Å². The standard InChI is InChI=1S/C14H28N2O2/c1-12(2)11-13(14(17)18-3)15-7-10-16-8-5-4-6-9-16/h12-13,15H,4-11H2,1-3H3. The van der Waals surface area contributed by atoms with Crippen molar-refractivity contribution in [1.29, 1.82) is 0 Å². The van der Waals surface area contributed by atoms with Gasteiger partial charge in [0, 0.05) is 13.1 Å². The molecule has 1 atom stereocenters. The Morgan fingerprint density at radius 3 is 2.50 bits per heavy atom. The third-order valence-electron chi connectivity index (χ3n) is 3.46. The lowest BCUT2D eigenvalue weighted by Crippen LogP contribution is -2.43. The molecule has 4 nitrogen and oxygen atoms in total. The van der Waals surface area contributed by atoms with Crippen molar-refractivity contribution in [2.45, 2.75) is 45.6 Å². The number of methoxy groups -OCH3 is 1. The average molecular weight is 256 g/mol. The third-order valence-corrected chi connectivity index (χ3v) is 3.46. The maximum atomic E-state index is 11.6. The van der Waals surface area contributed by atoms with E-state index in [1.165, 1.54) is 39.5 Å². The molecule has 0 aliphatic carbocycles. The van der Waals surface area contributed by atoms with Crippen LogP contribution in [0.1, 0.15) is 39.5 Å². The summed E-state index contributed by atoms with van der Waals surface area (Å²) >= 11 is 0. The van der Waals surface area contributed by atoms with Crippen LogP contribution in [0.25, 0.3) is 0 Å². The van der Waals surface area contributed by atoms with Crippen LogP contribution < -0.4 is 5.32 Å². The van der Waals surface area contributed by atoms with Gasteiger partial charge in [-0.1, -0.05) is 20.3 Å². The number of esters is 1. The topological polar surface area (TPSA) is 41.6 Å². The van der Waals surface area contributed by atoms with E-state index in [4.69, 9.17) is 4.74 Å². The first-order valence-electron chi connectivity index (χ1n) is 7.17. The van der Waals surface area contributed by atoms with Gasteiger partial charge in [-0.15, -0.1) is 0 Å². The molecule has 1 aliphatic heterocycles. The lowest BCUT2D eigenvalue weighted by atomic mass is 10.0. The van der Waals surface area contributed by atoms with Crippen molar-refractivity contribution in [3.8, 4) is 0 Å². The van der Waals surface area contributed by atoms with E-state index < -0.39 is 0 Å². The molecular weight excluding hydrogens is 228 g/mol. The largest absolute Gasteiger partial charge is 0.468 e. The molecule has 1 rings (SSSR count). The van der Waals surface area contributed by atoms with Crippen molar-refractivity contribution < 1.29 is 9.53 Å². The van der Waals surface area contributed by atoms with E-state index in [1.807, 2.05) is 0 Å². The predicted octanol–water partition coefficient (Wildman–Crippen LogP) is 1.65. The van der Waals surface area contributed by atoms with Crippen LogP contribution in [0, 0.1) is 5.92 Å². The smallest absolute Gasteiger partial charge is 0.322 e.